The fourth-order valence-electron chi connectivity index (χ4n) is 4.18. The summed E-state index contributed by atoms with van der Waals surface area (Å²) in [6.45, 7) is 0. The summed E-state index contributed by atoms with van der Waals surface area (Å²) in [5.74, 6) is 0. The molecule has 2 bridgehead atoms. The molecule has 0 amide bonds. The van der Waals surface area contributed by atoms with Crippen LogP contribution in [0.25, 0.3) is 0 Å². The third kappa shape index (κ3) is 2.14. The van der Waals surface area contributed by atoms with Gasteiger partial charge in [-0.2, -0.15) is 0 Å². The lowest BCUT2D eigenvalue weighted by molar-refractivity contribution is 0.0460. The molecular weight excluding hydrogens is 196 g/mol. The highest BCUT2D eigenvalue weighted by Crippen LogP contribution is 2.33. The molecule has 3 fully saturated rings. The molecule has 0 aromatic carbocycles. The predicted octanol–water partition coefficient (Wildman–Crippen LogP) is 2.53. The summed E-state index contributed by atoms with van der Waals surface area (Å²) in [4.78, 5) is 2.66. The van der Waals surface area contributed by atoms with Crippen LogP contribution < -0.4 is 5.32 Å². The van der Waals surface area contributed by atoms with Crippen molar-refractivity contribution in [3.63, 3.8) is 0 Å². The fourth-order valence-corrected chi connectivity index (χ4v) is 4.18. The van der Waals surface area contributed by atoms with Crippen molar-refractivity contribution < 1.29 is 0 Å². The zero-order valence-electron chi connectivity index (χ0n) is 10.6. The number of piperidine rings is 2. The van der Waals surface area contributed by atoms with Crippen molar-refractivity contribution in [2.24, 2.45) is 0 Å². The van der Waals surface area contributed by atoms with Gasteiger partial charge in [0.15, 0.2) is 0 Å². The fraction of sp³-hybridized carbons (Fsp3) is 1.00. The quantitative estimate of drug-likeness (QED) is 0.772. The van der Waals surface area contributed by atoms with Crippen LogP contribution in [0.4, 0.5) is 0 Å². The molecule has 1 N–H and O–H groups in total. The lowest BCUT2D eigenvalue weighted by atomic mass is 9.82. The Morgan fingerprint density at radius 2 is 1.44 bits per heavy atom. The normalized spacial score (nSPS) is 41.4. The van der Waals surface area contributed by atoms with Gasteiger partial charge in [-0.3, -0.25) is 0 Å². The summed E-state index contributed by atoms with van der Waals surface area (Å²) in [5.41, 5.74) is 0. The Balaban J connectivity index is 1.57. The van der Waals surface area contributed by atoms with Gasteiger partial charge in [0.2, 0.25) is 0 Å². The van der Waals surface area contributed by atoms with E-state index < -0.39 is 0 Å². The van der Waals surface area contributed by atoms with E-state index in [1.807, 2.05) is 0 Å². The molecule has 3 rings (SSSR count). The molecule has 92 valence electrons. The van der Waals surface area contributed by atoms with Gasteiger partial charge in [0, 0.05) is 24.2 Å². The Labute approximate surface area is 99.8 Å². The highest BCUT2D eigenvalue weighted by Gasteiger charge is 2.36. The van der Waals surface area contributed by atoms with Gasteiger partial charge < -0.3 is 10.2 Å². The van der Waals surface area contributed by atoms with E-state index >= 15 is 0 Å². The Hall–Kier alpha value is -0.0800. The number of fused-ring (bicyclic) bond motifs is 2. The lowest BCUT2D eigenvalue weighted by Crippen LogP contribution is -2.55. The lowest BCUT2D eigenvalue weighted by Gasteiger charge is -2.47. The number of hydrogen-bond donors (Lipinski definition) is 1. The molecule has 0 aromatic rings. The minimum absolute atomic E-state index is 0.828. The summed E-state index contributed by atoms with van der Waals surface area (Å²) >= 11 is 0. The molecule has 2 heterocycles. The van der Waals surface area contributed by atoms with Gasteiger partial charge in [-0.15, -0.1) is 0 Å². The average molecular weight is 222 g/mol. The number of rotatable bonds is 2. The van der Waals surface area contributed by atoms with E-state index in [0.29, 0.717) is 0 Å². The maximum absolute atomic E-state index is 3.94. The molecular formula is C14H26N2. The van der Waals surface area contributed by atoms with Gasteiger partial charge in [0.25, 0.3) is 0 Å². The third-order valence-corrected chi connectivity index (χ3v) is 5.17. The molecule has 0 radical (unpaired) electrons. The van der Waals surface area contributed by atoms with Gasteiger partial charge >= 0.3 is 0 Å². The largest absolute Gasteiger partial charge is 0.311 e. The van der Waals surface area contributed by atoms with E-state index in [1.54, 1.807) is 0 Å². The molecule has 2 unspecified atom stereocenters. The van der Waals surface area contributed by atoms with Gasteiger partial charge in [-0.1, -0.05) is 19.3 Å². The summed E-state index contributed by atoms with van der Waals surface area (Å²) in [6, 6.07) is 3.45. The van der Waals surface area contributed by atoms with E-state index in [4.69, 9.17) is 0 Å². The van der Waals surface area contributed by atoms with Crippen molar-refractivity contribution in [3.05, 3.63) is 0 Å². The summed E-state index contributed by atoms with van der Waals surface area (Å²) < 4.78 is 0. The first-order valence-corrected chi connectivity index (χ1v) is 7.31. The van der Waals surface area contributed by atoms with Crippen molar-refractivity contribution in [1.82, 2.24) is 10.2 Å². The molecule has 16 heavy (non-hydrogen) atoms. The van der Waals surface area contributed by atoms with Crippen LogP contribution in [-0.4, -0.2) is 36.1 Å². The van der Waals surface area contributed by atoms with Crippen molar-refractivity contribution in [3.8, 4) is 0 Å². The SMILES string of the molecule is CN1C2CCCC1CC(NC1CCCC1)C2. The smallest absolute Gasteiger partial charge is 0.0110 e. The van der Waals surface area contributed by atoms with Gasteiger partial charge in [-0.25, -0.2) is 0 Å². The highest BCUT2D eigenvalue weighted by atomic mass is 15.2. The van der Waals surface area contributed by atoms with Crippen LogP contribution in [0.3, 0.4) is 0 Å². The summed E-state index contributed by atoms with van der Waals surface area (Å²) in [5, 5.41) is 3.94. The monoisotopic (exact) mass is 222 g/mol. The van der Waals surface area contributed by atoms with Crippen molar-refractivity contribution >= 4 is 0 Å². The number of nitrogens with one attached hydrogen (secondary N) is 1. The number of hydrogen-bond acceptors (Lipinski definition) is 2. The first kappa shape index (κ1) is 11.0. The van der Waals surface area contributed by atoms with Gasteiger partial charge in [-0.05, 0) is 45.6 Å². The molecule has 2 saturated heterocycles. The summed E-state index contributed by atoms with van der Waals surface area (Å²) in [6.07, 6.45) is 12.9. The van der Waals surface area contributed by atoms with Crippen LogP contribution in [0.15, 0.2) is 0 Å². The van der Waals surface area contributed by atoms with E-state index in [0.717, 1.165) is 24.2 Å². The van der Waals surface area contributed by atoms with E-state index in [1.165, 1.54) is 57.8 Å². The molecule has 2 nitrogen and oxygen atoms in total. The predicted molar refractivity (Wildman–Crippen MR) is 67.6 cm³/mol. The maximum Gasteiger partial charge on any atom is 0.0110 e. The minimum Gasteiger partial charge on any atom is -0.311 e. The Bertz CT molecular complexity index is 218. The maximum atomic E-state index is 3.94. The summed E-state index contributed by atoms with van der Waals surface area (Å²) in [7, 11) is 2.35. The standard InChI is InChI=1S/C14H26N2/c1-16-13-7-4-8-14(16)10-12(9-13)15-11-5-2-3-6-11/h11-15H,2-10H2,1H3. The molecule has 2 atom stereocenters. The minimum atomic E-state index is 0.828. The van der Waals surface area contributed by atoms with Crippen LogP contribution in [0, 0.1) is 0 Å². The van der Waals surface area contributed by atoms with Gasteiger partial charge in [0.05, 0.1) is 0 Å². The first-order chi connectivity index (χ1) is 7.83. The highest BCUT2D eigenvalue weighted by molar-refractivity contribution is 4.94. The Morgan fingerprint density at radius 1 is 0.812 bits per heavy atom. The van der Waals surface area contributed by atoms with Crippen LogP contribution >= 0.6 is 0 Å². The Kier molecular flexibility index (Phi) is 3.21. The second-order valence-electron chi connectivity index (χ2n) is 6.22. The van der Waals surface area contributed by atoms with E-state index in [2.05, 4.69) is 17.3 Å². The van der Waals surface area contributed by atoms with Crippen molar-refractivity contribution in [1.29, 1.82) is 0 Å². The molecule has 2 heteroatoms. The second-order valence-corrected chi connectivity index (χ2v) is 6.22. The van der Waals surface area contributed by atoms with Crippen molar-refractivity contribution in [2.75, 3.05) is 7.05 Å². The molecule has 0 aromatic heterocycles. The first-order valence-electron chi connectivity index (χ1n) is 7.31. The number of nitrogens with zero attached hydrogens (tertiary/aromatic N) is 1. The topological polar surface area (TPSA) is 15.3 Å². The second kappa shape index (κ2) is 4.66. The molecule has 1 saturated carbocycles. The molecule has 1 aliphatic carbocycles. The van der Waals surface area contributed by atoms with Gasteiger partial charge in [0.1, 0.15) is 0 Å². The van der Waals surface area contributed by atoms with Crippen LogP contribution in [0.1, 0.15) is 57.8 Å². The van der Waals surface area contributed by atoms with Crippen molar-refractivity contribution in [2.45, 2.75) is 82.0 Å². The molecule has 0 spiro atoms. The molecule has 2 aliphatic heterocycles. The van der Waals surface area contributed by atoms with E-state index in [9.17, 15) is 0 Å². The van der Waals surface area contributed by atoms with Crippen LogP contribution in [0.5, 0.6) is 0 Å². The van der Waals surface area contributed by atoms with Crippen LogP contribution in [-0.2, 0) is 0 Å². The zero-order chi connectivity index (χ0) is 11.0. The average Bonchev–Trinajstić information content (AvgIpc) is 2.72. The third-order valence-electron chi connectivity index (χ3n) is 5.17. The molecule has 3 aliphatic rings. The van der Waals surface area contributed by atoms with Crippen LogP contribution in [0.2, 0.25) is 0 Å². The Morgan fingerprint density at radius 3 is 2.06 bits per heavy atom. The van der Waals surface area contributed by atoms with E-state index in [-0.39, 0.29) is 0 Å². The zero-order valence-corrected chi connectivity index (χ0v) is 10.6.